The molecule has 25 heavy (non-hydrogen) atoms. The topological polar surface area (TPSA) is 69.7 Å². The molecule has 138 valence electrons. The first-order valence-electron chi connectivity index (χ1n) is 9.26. The summed E-state index contributed by atoms with van der Waals surface area (Å²) in [4.78, 5) is 21.1. The van der Waals surface area contributed by atoms with E-state index in [1.54, 1.807) is 0 Å². The molecule has 1 unspecified atom stereocenters. The van der Waals surface area contributed by atoms with Gasteiger partial charge in [0.15, 0.2) is 0 Å². The molecule has 2 saturated heterocycles. The lowest BCUT2D eigenvalue weighted by Gasteiger charge is -2.32. The first kappa shape index (κ1) is 17.9. The summed E-state index contributed by atoms with van der Waals surface area (Å²) in [6.45, 7) is 8.85. The van der Waals surface area contributed by atoms with E-state index in [9.17, 15) is 4.79 Å². The van der Waals surface area contributed by atoms with E-state index in [0.29, 0.717) is 19.1 Å². The average molecular weight is 347 g/mol. The Morgan fingerprint density at radius 1 is 1.24 bits per heavy atom. The summed E-state index contributed by atoms with van der Waals surface area (Å²) in [6, 6.07) is 4.22. The van der Waals surface area contributed by atoms with Crippen LogP contribution in [-0.2, 0) is 11.3 Å². The maximum atomic E-state index is 12.1. The number of urea groups is 1. The van der Waals surface area contributed by atoms with Gasteiger partial charge in [0.1, 0.15) is 5.82 Å². The number of carbonyl (C=O) groups is 1. The average Bonchev–Trinajstić information content (AvgIpc) is 3.20. The number of carbonyl (C=O) groups excluding carboxylic acids is 1. The highest BCUT2D eigenvalue weighted by Crippen LogP contribution is 2.18. The highest BCUT2D eigenvalue weighted by Gasteiger charge is 2.17. The van der Waals surface area contributed by atoms with Gasteiger partial charge < -0.3 is 20.3 Å². The number of hydrogen-bond acceptors (Lipinski definition) is 5. The maximum absolute atomic E-state index is 12.1. The molecular formula is C18H29N5O2. The third-order valence-electron chi connectivity index (χ3n) is 4.92. The Hall–Kier alpha value is -1.86. The molecule has 1 aromatic rings. The lowest BCUT2D eigenvalue weighted by atomic mass is 10.2. The van der Waals surface area contributed by atoms with E-state index >= 15 is 0 Å². The molecule has 0 bridgehead atoms. The minimum absolute atomic E-state index is 0.125. The van der Waals surface area contributed by atoms with Crippen molar-refractivity contribution in [2.24, 2.45) is 0 Å². The standard InChI is InChI=1S/C18H29N5O2/c1-15(22-8-10-25-11-9-22)13-20-18(24)21-14-16-4-5-19-17(12-16)23-6-2-3-7-23/h4-5,12,15H,2-3,6-11,13-14H2,1H3,(H2,20,21,24). The summed E-state index contributed by atoms with van der Waals surface area (Å²) in [6.07, 6.45) is 4.28. The summed E-state index contributed by atoms with van der Waals surface area (Å²) in [5.41, 5.74) is 1.08. The van der Waals surface area contributed by atoms with Crippen LogP contribution in [-0.4, -0.2) is 67.9 Å². The van der Waals surface area contributed by atoms with Crippen molar-refractivity contribution in [3.63, 3.8) is 0 Å². The lowest BCUT2D eigenvalue weighted by molar-refractivity contribution is 0.0209. The number of aromatic nitrogens is 1. The van der Waals surface area contributed by atoms with Crippen LogP contribution >= 0.6 is 0 Å². The van der Waals surface area contributed by atoms with Crippen LogP contribution in [0.15, 0.2) is 18.3 Å². The molecule has 2 fully saturated rings. The summed E-state index contributed by atoms with van der Waals surface area (Å²) in [5, 5.41) is 5.90. The van der Waals surface area contributed by atoms with Gasteiger partial charge in [0.25, 0.3) is 0 Å². The largest absolute Gasteiger partial charge is 0.379 e. The van der Waals surface area contributed by atoms with Gasteiger partial charge >= 0.3 is 6.03 Å². The third-order valence-corrected chi connectivity index (χ3v) is 4.92. The van der Waals surface area contributed by atoms with E-state index in [0.717, 1.165) is 50.8 Å². The van der Waals surface area contributed by atoms with Gasteiger partial charge in [-0.2, -0.15) is 0 Å². The Kier molecular flexibility index (Phi) is 6.47. The van der Waals surface area contributed by atoms with Crippen LogP contribution in [0.4, 0.5) is 10.6 Å². The first-order chi connectivity index (χ1) is 12.2. The Labute approximate surface area is 149 Å². The molecule has 3 heterocycles. The molecule has 7 heteroatoms. The van der Waals surface area contributed by atoms with Crippen LogP contribution < -0.4 is 15.5 Å². The van der Waals surface area contributed by atoms with Crippen molar-refractivity contribution < 1.29 is 9.53 Å². The highest BCUT2D eigenvalue weighted by atomic mass is 16.5. The Morgan fingerprint density at radius 2 is 2.00 bits per heavy atom. The number of nitrogens with zero attached hydrogens (tertiary/aromatic N) is 3. The molecule has 0 aliphatic carbocycles. The van der Waals surface area contributed by atoms with Crippen molar-refractivity contribution in [1.29, 1.82) is 0 Å². The van der Waals surface area contributed by atoms with Gasteiger partial charge in [0.2, 0.25) is 0 Å². The molecule has 7 nitrogen and oxygen atoms in total. The fraction of sp³-hybridized carbons (Fsp3) is 0.667. The molecule has 2 N–H and O–H groups in total. The second-order valence-electron chi connectivity index (χ2n) is 6.78. The van der Waals surface area contributed by atoms with Crippen molar-refractivity contribution in [3.05, 3.63) is 23.9 Å². The monoisotopic (exact) mass is 347 g/mol. The Balaban J connectivity index is 1.40. The zero-order chi connectivity index (χ0) is 17.5. The smallest absolute Gasteiger partial charge is 0.315 e. The van der Waals surface area contributed by atoms with Crippen LogP contribution in [0.5, 0.6) is 0 Å². The first-order valence-corrected chi connectivity index (χ1v) is 9.26. The summed E-state index contributed by atoms with van der Waals surface area (Å²) in [7, 11) is 0. The van der Waals surface area contributed by atoms with Gasteiger partial charge in [0.05, 0.1) is 13.2 Å². The van der Waals surface area contributed by atoms with Gasteiger partial charge in [-0.1, -0.05) is 0 Å². The Morgan fingerprint density at radius 3 is 2.76 bits per heavy atom. The van der Waals surface area contributed by atoms with Crippen LogP contribution in [0.2, 0.25) is 0 Å². The van der Waals surface area contributed by atoms with Crippen molar-refractivity contribution in [2.45, 2.75) is 32.4 Å². The van der Waals surface area contributed by atoms with E-state index in [1.165, 1.54) is 12.8 Å². The number of nitrogens with one attached hydrogen (secondary N) is 2. The second-order valence-corrected chi connectivity index (χ2v) is 6.78. The quantitative estimate of drug-likeness (QED) is 0.809. The van der Waals surface area contributed by atoms with E-state index in [4.69, 9.17) is 4.74 Å². The second kappa shape index (κ2) is 9.01. The summed E-state index contributed by atoms with van der Waals surface area (Å²) in [5.74, 6) is 1.01. The Bertz CT molecular complexity index is 556. The number of amides is 2. The predicted molar refractivity (Wildman–Crippen MR) is 97.8 cm³/mol. The molecular weight excluding hydrogens is 318 g/mol. The minimum Gasteiger partial charge on any atom is -0.379 e. The van der Waals surface area contributed by atoms with Gasteiger partial charge in [-0.15, -0.1) is 0 Å². The lowest BCUT2D eigenvalue weighted by Crippen LogP contribution is -2.48. The van der Waals surface area contributed by atoms with Crippen LogP contribution in [0.3, 0.4) is 0 Å². The fourth-order valence-electron chi connectivity index (χ4n) is 3.32. The van der Waals surface area contributed by atoms with Crippen molar-refractivity contribution in [3.8, 4) is 0 Å². The zero-order valence-corrected chi connectivity index (χ0v) is 15.0. The number of anilines is 1. The van der Waals surface area contributed by atoms with E-state index in [1.807, 2.05) is 12.3 Å². The normalized spacial score (nSPS) is 19.6. The molecule has 2 aliphatic rings. The molecule has 0 spiro atoms. The number of ether oxygens (including phenoxy) is 1. The predicted octanol–water partition coefficient (Wildman–Crippen LogP) is 1.20. The number of morpholine rings is 1. The van der Waals surface area contributed by atoms with Crippen molar-refractivity contribution in [2.75, 3.05) is 50.8 Å². The van der Waals surface area contributed by atoms with E-state index < -0.39 is 0 Å². The molecule has 1 atom stereocenters. The van der Waals surface area contributed by atoms with Crippen LogP contribution in [0, 0.1) is 0 Å². The summed E-state index contributed by atoms with van der Waals surface area (Å²) < 4.78 is 5.36. The zero-order valence-electron chi connectivity index (χ0n) is 15.0. The number of rotatable bonds is 6. The number of pyridine rings is 1. The fourth-order valence-corrected chi connectivity index (χ4v) is 3.32. The molecule has 0 radical (unpaired) electrons. The molecule has 0 aromatic carbocycles. The van der Waals surface area contributed by atoms with Gasteiger partial charge in [-0.3, -0.25) is 4.90 Å². The minimum atomic E-state index is -0.125. The molecule has 3 rings (SSSR count). The molecule has 2 amide bonds. The van der Waals surface area contributed by atoms with Crippen LogP contribution in [0.1, 0.15) is 25.3 Å². The van der Waals surface area contributed by atoms with Crippen molar-refractivity contribution in [1.82, 2.24) is 20.5 Å². The van der Waals surface area contributed by atoms with E-state index in [-0.39, 0.29) is 6.03 Å². The SMILES string of the molecule is CC(CNC(=O)NCc1ccnc(N2CCCC2)c1)N1CCOCC1. The van der Waals surface area contributed by atoms with Crippen LogP contribution in [0.25, 0.3) is 0 Å². The van der Waals surface area contributed by atoms with Gasteiger partial charge in [0, 0.05) is 51.5 Å². The third kappa shape index (κ3) is 5.31. The molecule has 1 aromatic heterocycles. The highest BCUT2D eigenvalue weighted by molar-refractivity contribution is 5.73. The van der Waals surface area contributed by atoms with Crippen molar-refractivity contribution >= 4 is 11.8 Å². The number of hydrogen-bond donors (Lipinski definition) is 2. The van der Waals surface area contributed by atoms with E-state index in [2.05, 4.69) is 38.4 Å². The summed E-state index contributed by atoms with van der Waals surface area (Å²) >= 11 is 0. The molecule has 2 aliphatic heterocycles. The molecule has 0 saturated carbocycles. The van der Waals surface area contributed by atoms with Gasteiger partial charge in [-0.05, 0) is 37.5 Å². The maximum Gasteiger partial charge on any atom is 0.315 e. The van der Waals surface area contributed by atoms with Gasteiger partial charge in [-0.25, -0.2) is 9.78 Å².